The molecule has 0 bridgehead atoms. The molecule has 144 valence electrons. The zero-order valence-corrected chi connectivity index (χ0v) is 16.6. The molecule has 6 heteroatoms. The minimum absolute atomic E-state index is 0.0108. The fourth-order valence-corrected chi connectivity index (χ4v) is 5.05. The minimum atomic E-state index is -3.24. The van der Waals surface area contributed by atoms with Gasteiger partial charge in [0.25, 0.3) is 0 Å². The molecule has 1 heterocycles. The number of carbonyl (C=O) groups is 1. The van der Waals surface area contributed by atoms with Crippen molar-refractivity contribution in [3.8, 4) is 0 Å². The molecule has 1 N–H and O–H groups in total. The molecule has 2 atom stereocenters. The number of sulfonamides is 1. The Kier molecular flexibility index (Phi) is 6.03. The molecule has 26 heavy (non-hydrogen) atoms. The van der Waals surface area contributed by atoms with Gasteiger partial charge in [-0.2, -0.15) is 0 Å². The third-order valence-corrected chi connectivity index (χ3v) is 6.99. The average Bonchev–Trinajstić information content (AvgIpc) is 2.65. The van der Waals surface area contributed by atoms with E-state index in [1.807, 2.05) is 0 Å². The number of hydrogen-bond acceptors (Lipinski definition) is 3. The van der Waals surface area contributed by atoms with E-state index in [1.54, 1.807) is 0 Å². The van der Waals surface area contributed by atoms with Gasteiger partial charge in [-0.15, -0.1) is 0 Å². The zero-order chi connectivity index (χ0) is 18.7. The van der Waals surface area contributed by atoms with Crippen LogP contribution in [0.4, 0.5) is 0 Å². The monoisotopic (exact) mass is 378 g/mol. The second-order valence-corrected chi connectivity index (χ2v) is 9.65. The van der Waals surface area contributed by atoms with E-state index in [-0.39, 0.29) is 17.9 Å². The lowest BCUT2D eigenvalue weighted by molar-refractivity contribution is -0.126. The molecule has 1 saturated heterocycles. The summed E-state index contributed by atoms with van der Waals surface area (Å²) in [5, 5.41) is 3.17. The molecule has 1 aliphatic heterocycles. The van der Waals surface area contributed by atoms with Crippen LogP contribution in [0.3, 0.4) is 0 Å². The molecule has 1 amide bonds. The Labute approximate surface area is 157 Å². The molecule has 2 aliphatic rings. The fourth-order valence-electron chi connectivity index (χ4n) is 4.14. The summed E-state index contributed by atoms with van der Waals surface area (Å²) in [6.07, 6.45) is 8.31. The van der Waals surface area contributed by atoms with Crippen molar-refractivity contribution in [3.63, 3.8) is 0 Å². The standard InChI is InChI=1S/C20H30N2O3S/c1-3-19(17-11-10-15-7-4-5-8-16(15)13-17)21-20(23)18-9-6-12-22(14-18)26(2,24)25/h10-11,13,18-19H,3-9,12,14H2,1-2H3,(H,21,23)/t18-,19-/m0/s1. The predicted octanol–water partition coefficient (Wildman–Crippen LogP) is 2.80. The first kappa shape index (κ1) is 19.4. The van der Waals surface area contributed by atoms with E-state index in [4.69, 9.17) is 0 Å². The Morgan fingerprint density at radius 3 is 2.65 bits per heavy atom. The Morgan fingerprint density at radius 2 is 1.96 bits per heavy atom. The van der Waals surface area contributed by atoms with Crippen molar-refractivity contribution < 1.29 is 13.2 Å². The highest BCUT2D eigenvalue weighted by Gasteiger charge is 2.31. The van der Waals surface area contributed by atoms with Crippen LogP contribution in [-0.2, 0) is 27.7 Å². The van der Waals surface area contributed by atoms with E-state index in [9.17, 15) is 13.2 Å². The highest BCUT2D eigenvalue weighted by atomic mass is 32.2. The molecule has 0 saturated carbocycles. The number of nitrogens with one attached hydrogen (secondary N) is 1. The normalized spacial score (nSPS) is 22.5. The Hall–Kier alpha value is -1.40. The first-order valence-corrected chi connectivity index (χ1v) is 11.6. The van der Waals surface area contributed by atoms with Crippen molar-refractivity contribution in [2.24, 2.45) is 5.92 Å². The summed E-state index contributed by atoms with van der Waals surface area (Å²) in [6, 6.07) is 6.60. The van der Waals surface area contributed by atoms with Crippen LogP contribution in [0, 0.1) is 5.92 Å². The van der Waals surface area contributed by atoms with Crippen LogP contribution in [0.15, 0.2) is 18.2 Å². The molecule has 5 nitrogen and oxygen atoms in total. The number of fused-ring (bicyclic) bond motifs is 1. The number of aryl methyl sites for hydroxylation is 2. The quantitative estimate of drug-likeness (QED) is 0.857. The van der Waals surface area contributed by atoms with Gasteiger partial charge in [0.05, 0.1) is 18.2 Å². The van der Waals surface area contributed by atoms with Crippen LogP contribution in [0.2, 0.25) is 0 Å². The minimum Gasteiger partial charge on any atom is -0.349 e. The fraction of sp³-hybridized carbons (Fsp3) is 0.650. The Morgan fingerprint density at radius 1 is 1.23 bits per heavy atom. The van der Waals surface area contributed by atoms with Crippen LogP contribution in [0.5, 0.6) is 0 Å². The number of benzene rings is 1. The first-order chi connectivity index (χ1) is 12.4. The molecular formula is C20H30N2O3S. The van der Waals surface area contributed by atoms with E-state index >= 15 is 0 Å². The Bertz CT molecular complexity index is 760. The molecule has 0 spiro atoms. The van der Waals surface area contributed by atoms with E-state index < -0.39 is 10.0 Å². The number of amides is 1. The van der Waals surface area contributed by atoms with Crippen molar-refractivity contribution in [3.05, 3.63) is 34.9 Å². The van der Waals surface area contributed by atoms with Crippen molar-refractivity contribution in [1.29, 1.82) is 0 Å². The smallest absolute Gasteiger partial charge is 0.224 e. The highest BCUT2D eigenvalue weighted by Crippen LogP contribution is 2.27. The third-order valence-electron chi connectivity index (χ3n) is 5.72. The molecule has 1 aliphatic carbocycles. The first-order valence-electron chi connectivity index (χ1n) is 9.75. The average molecular weight is 379 g/mol. The predicted molar refractivity (Wildman–Crippen MR) is 103 cm³/mol. The lowest BCUT2D eigenvalue weighted by atomic mass is 9.88. The van der Waals surface area contributed by atoms with Crippen LogP contribution < -0.4 is 5.32 Å². The number of rotatable bonds is 5. The van der Waals surface area contributed by atoms with Crippen molar-refractivity contribution >= 4 is 15.9 Å². The molecule has 0 unspecified atom stereocenters. The second-order valence-electron chi connectivity index (χ2n) is 7.66. The van der Waals surface area contributed by atoms with Crippen LogP contribution in [0.25, 0.3) is 0 Å². The maximum absolute atomic E-state index is 12.8. The lowest BCUT2D eigenvalue weighted by Crippen LogP contribution is -2.45. The number of hydrogen-bond donors (Lipinski definition) is 1. The van der Waals surface area contributed by atoms with Gasteiger partial charge in [0, 0.05) is 13.1 Å². The molecule has 0 aromatic heterocycles. The third kappa shape index (κ3) is 4.46. The molecule has 3 rings (SSSR count). The summed E-state index contributed by atoms with van der Waals surface area (Å²) in [7, 11) is -3.24. The van der Waals surface area contributed by atoms with Crippen LogP contribution in [-0.4, -0.2) is 38.0 Å². The van der Waals surface area contributed by atoms with Crippen molar-refractivity contribution in [1.82, 2.24) is 9.62 Å². The van der Waals surface area contributed by atoms with Gasteiger partial charge in [-0.05, 0) is 61.6 Å². The van der Waals surface area contributed by atoms with Crippen molar-refractivity contribution in [2.75, 3.05) is 19.3 Å². The summed E-state index contributed by atoms with van der Waals surface area (Å²) in [4.78, 5) is 12.8. The molecule has 0 radical (unpaired) electrons. The molecule has 1 aromatic carbocycles. The summed E-state index contributed by atoms with van der Waals surface area (Å²) < 4.78 is 25.0. The van der Waals surface area contributed by atoms with Crippen LogP contribution >= 0.6 is 0 Å². The largest absolute Gasteiger partial charge is 0.349 e. The number of carbonyl (C=O) groups excluding carboxylic acids is 1. The number of piperidine rings is 1. The zero-order valence-electron chi connectivity index (χ0n) is 15.8. The summed E-state index contributed by atoms with van der Waals surface area (Å²) in [5.41, 5.74) is 4.02. The maximum atomic E-state index is 12.8. The van der Waals surface area contributed by atoms with E-state index in [1.165, 1.54) is 34.5 Å². The topological polar surface area (TPSA) is 66.5 Å². The van der Waals surface area contributed by atoms with E-state index in [0.717, 1.165) is 37.7 Å². The van der Waals surface area contributed by atoms with Gasteiger partial charge >= 0.3 is 0 Å². The van der Waals surface area contributed by atoms with Crippen molar-refractivity contribution in [2.45, 2.75) is 57.9 Å². The summed E-state index contributed by atoms with van der Waals surface area (Å²) >= 11 is 0. The molecular weight excluding hydrogens is 348 g/mol. The molecule has 1 fully saturated rings. The lowest BCUT2D eigenvalue weighted by Gasteiger charge is -2.31. The van der Waals surface area contributed by atoms with E-state index in [0.29, 0.717) is 13.1 Å². The Balaban J connectivity index is 1.68. The van der Waals surface area contributed by atoms with Gasteiger partial charge < -0.3 is 5.32 Å². The van der Waals surface area contributed by atoms with Gasteiger partial charge in [-0.1, -0.05) is 25.1 Å². The van der Waals surface area contributed by atoms with Gasteiger partial charge in [-0.3, -0.25) is 4.79 Å². The SMILES string of the molecule is CC[C@H](NC(=O)[C@H]1CCCN(S(C)(=O)=O)C1)c1ccc2c(c1)CCCC2. The maximum Gasteiger partial charge on any atom is 0.224 e. The number of nitrogens with zero attached hydrogens (tertiary/aromatic N) is 1. The molecule has 1 aromatic rings. The van der Waals surface area contributed by atoms with Gasteiger partial charge in [-0.25, -0.2) is 12.7 Å². The van der Waals surface area contributed by atoms with Gasteiger partial charge in [0.15, 0.2) is 0 Å². The van der Waals surface area contributed by atoms with E-state index in [2.05, 4.69) is 30.4 Å². The second kappa shape index (κ2) is 8.09. The van der Waals surface area contributed by atoms with Gasteiger partial charge in [0.1, 0.15) is 0 Å². The summed E-state index contributed by atoms with van der Waals surface area (Å²) in [6.45, 7) is 2.89. The van der Waals surface area contributed by atoms with Gasteiger partial charge in [0.2, 0.25) is 15.9 Å². The highest BCUT2D eigenvalue weighted by molar-refractivity contribution is 7.88. The summed E-state index contributed by atoms with van der Waals surface area (Å²) in [5.74, 6) is -0.284. The van der Waals surface area contributed by atoms with Crippen LogP contribution in [0.1, 0.15) is 61.8 Å².